The van der Waals surface area contributed by atoms with Crippen LogP contribution in [-0.4, -0.2) is 67.7 Å². The smallest absolute Gasteiger partial charge is 0.191 e. The number of hydrogen-bond acceptors (Lipinski definition) is 4. The Morgan fingerprint density at radius 3 is 2.80 bits per heavy atom. The summed E-state index contributed by atoms with van der Waals surface area (Å²) in [7, 11) is 0. The highest BCUT2D eigenvalue weighted by Gasteiger charge is 2.25. The highest BCUT2D eigenvalue weighted by Crippen LogP contribution is 2.25. The van der Waals surface area contributed by atoms with Gasteiger partial charge >= 0.3 is 0 Å². The number of halogens is 2. The van der Waals surface area contributed by atoms with Crippen molar-refractivity contribution in [1.82, 2.24) is 20.5 Å². The SMILES string of the molecule is CCNC(=NCCCCCN1CCCCC1)NC1CCN(c2ncccc2Cl)C1.I. The summed E-state index contributed by atoms with van der Waals surface area (Å²) in [6, 6.07) is 4.15. The van der Waals surface area contributed by atoms with Crippen molar-refractivity contribution in [1.29, 1.82) is 0 Å². The Bertz CT molecular complexity index is 638. The largest absolute Gasteiger partial charge is 0.357 e. The Labute approximate surface area is 204 Å². The molecule has 0 spiro atoms. The molecule has 0 aliphatic carbocycles. The van der Waals surface area contributed by atoms with Crippen LogP contribution in [0.25, 0.3) is 0 Å². The predicted octanol–water partition coefficient (Wildman–Crippen LogP) is 4.14. The van der Waals surface area contributed by atoms with E-state index in [0.717, 1.165) is 55.8 Å². The van der Waals surface area contributed by atoms with E-state index in [0.29, 0.717) is 6.04 Å². The summed E-state index contributed by atoms with van der Waals surface area (Å²) in [5.74, 6) is 1.82. The normalized spacial score (nSPS) is 20.1. The third-order valence-electron chi connectivity index (χ3n) is 5.76. The van der Waals surface area contributed by atoms with Crippen molar-refractivity contribution < 1.29 is 0 Å². The Kier molecular flexibility index (Phi) is 12.1. The van der Waals surface area contributed by atoms with Crippen LogP contribution in [0.3, 0.4) is 0 Å². The molecule has 2 saturated heterocycles. The fourth-order valence-electron chi connectivity index (χ4n) is 4.19. The van der Waals surface area contributed by atoms with E-state index >= 15 is 0 Å². The highest BCUT2D eigenvalue weighted by molar-refractivity contribution is 14.0. The summed E-state index contributed by atoms with van der Waals surface area (Å²) in [5, 5.41) is 7.71. The third-order valence-corrected chi connectivity index (χ3v) is 6.06. The van der Waals surface area contributed by atoms with Crippen molar-refractivity contribution in [2.75, 3.05) is 50.7 Å². The molecule has 2 fully saturated rings. The number of hydrogen-bond donors (Lipinski definition) is 2. The van der Waals surface area contributed by atoms with Crippen LogP contribution in [0.4, 0.5) is 5.82 Å². The maximum Gasteiger partial charge on any atom is 0.191 e. The molecule has 6 nitrogen and oxygen atoms in total. The van der Waals surface area contributed by atoms with Gasteiger partial charge in [0.15, 0.2) is 5.96 Å². The third kappa shape index (κ3) is 8.38. The zero-order chi connectivity index (χ0) is 20.3. The van der Waals surface area contributed by atoms with E-state index in [1.54, 1.807) is 6.20 Å². The molecule has 0 aromatic carbocycles. The molecule has 1 unspecified atom stereocenters. The van der Waals surface area contributed by atoms with Gasteiger partial charge in [0.05, 0.1) is 5.02 Å². The number of unbranched alkanes of at least 4 members (excludes halogenated alkanes) is 2. The number of aliphatic imine (C=N–C) groups is 1. The van der Waals surface area contributed by atoms with E-state index in [-0.39, 0.29) is 24.0 Å². The van der Waals surface area contributed by atoms with Crippen molar-refractivity contribution in [3.05, 3.63) is 23.4 Å². The van der Waals surface area contributed by atoms with Crippen molar-refractivity contribution in [3.63, 3.8) is 0 Å². The van der Waals surface area contributed by atoms with Gasteiger partial charge in [-0.1, -0.05) is 24.4 Å². The molecule has 0 radical (unpaired) electrons. The number of likely N-dealkylation sites (tertiary alicyclic amines) is 1. The fraction of sp³-hybridized carbons (Fsp3) is 0.727. The molecule has 1 aromatic heterocycles. The lowest BCUT2D eigenvalue weighted by Crippen LogP contribution is -2.44. The number of aromatic nitrogens is 1. The quantitative estimate of drug-likeness (QED) is 0.210. The molecule has 2 aliphatic heterocycles. The second kappa shape index (κ2) is 14.3. The molecule has 1 atom stereocenters. The molecule has 3 rings (SSSR count). The van der Waals surface area contributed by atoms with Crippen LogP contribution in [-0.2, 0) is 0 Å². The van der Waals surface area contributed by atoms with Gasteiger partial charge in [0.2, 0.25) is 0 Å². The number of pyridine rings is 1. The molecule has 8 heteroatoms. The Morgan fingerprint density at radius 1 is 1.20 bits per heavy atom. The van der Waals surface area contributed by atoms with Crippen molar-refractivity contribution in [2.45, 2.75) is 57.9 Å². The minimum Gasteiger partial charge on any atom is -0.357 e. The molecule has 170 valence electrons. The minimum absolute atomic E-state index is 0. The number of guanidine groups is 1. The van der Waals surface area contributed by atoms with Crippen molar-refractivity contribution >= 4 is 47.4 Å². The lowest BCUT2D eigenvalue weighted by Gasteiger charge is -2.26. The first kappa shape index (κ1) is 25.5. The van der Waals surface area contributed by atoms with Gasteiger partial charge in [0.1, 0.15) is 5.82 Å². The number of rotatable bonds is 9. The maximum atomic E-state index is 6.30. The van der Waals surface area contributed by atoms with E-state index in [1.807, 2.05) is 12.1 Å². The second-order valence-electron chi connectivity index (χ2n) is 8.11. The summed E-state index contributed by atoms with van der Waals surface area (Å²) in [6.45, 7) is 9.60. The highest BCUT2D eigenvalue weighted by atomic mass is 127. The summed E-state index contributed by atoms with van der Waals surface area (Å²) in [5.41, 5.74) is 0. The molecule has 30 heavy (non-hydrogen) atoms. The Hall–Kier alpha value is -0.800. The second-order valence-corrected chi connectivity index (χ2v) is 8.52. The number of piperidine rings is 1. The monoisotopic (exact) mass is 548 g/mol. The van der Waals surface area contributed by atoms with Crippen LogP contribution in [0.1, 0.15) is 51.9 Å². The lowest BCUT2D eigenvalue weighted by molar-refractivity contribution is 0.224. The average Bonchev–Trinajstić information content (AvgIpc) is 3.20. The van der Waals surface area contributed by atoms with Crippen molar-refractivity contribution in [3.8, 4) is 0 Å². The van der Waals surface area contributed by atoms with Crippen LogP contribution < -0.4 is 15.5 Å². The summed E-state index contributed by atoms with van der Waals surface area (Å²) >= 11 is 6.30. The van der Waals surface area contributed by atoms with E-state index < -0.39 is 0 Å². The van der Waals surface area contributed by atoms with Gasteiger partial charge in [-0.05, 0) is 70.8 Å². The van der Waals surface area contributed by atoms with Gasteiger partial charge in [0, 0.05) is 38.4 Å². The van der Waals surface area contributed by atoms with E-state index in [1.165, 1.54) is 51.7 Å². The molecule has 0 amide bonds. The average molecular weight is 549 g/mol. The Morgan fingerprint density at radius 2 is 2.03 bits per heavy atom. The van der Waals surface area contributed by atoms with Crippen LogP contribution in [0.2, 0.25) is 5.02 Å². The first-order chi connectivity index (χ1) is 14.3. The molecule has 2 aliphatic rings. The number of nitrogens with zero attached hydrogens (tertiary/aromatic N) is 4. The van der Waals surface area contributed by atoms with E-state index in [9.17, 15) is 0 Å². The first-order valence-electron chi connectivity index (χ1n) is 11.4. The Balaban J connectivity index is 0.00000320. The van der Waals surface area contributed by atoms with Crippen molar-refractivity contribution in [2.24, 2.45) is 4.99 Å². The molecule has 1 aromatic rings. The van der Waals surface area contributed by atoms with Crippen LogP contribution in [0.15, 0.2) is 23.3 Å². The summed E-state index contributed by atoms with van der Waals surface area (Å²) < 4.78 is 0. The molecule has 3 heterocycles. The maximum absolute atomic E-state index is 6.30. The van der Waals surface area contributed by atoms with E-state index in [4.69, 9.17) is 16.6 Å². The number of anilines is 1. The van der Waals surface area contributed by atoms with Crippen LogP contribution >= 0.6 is 35.6 Å². The number of nitrogens with one attached hydrogen (secondary N) is 2. The first-order valence-corrected chi connectivity index (χ1v) is 11.8. The molecule has 0 bridgehead atoms. The van der Waals surface area contributed by atoms with Crippen LogP contribution in [0, 0.1) is 0 Å². The molecule has 2 N–H and O–H groups in total. The van der Waals surface area contributed by atoms with Gasteiger partial charge in [-0.15, -0.1) is 24.0 Å². The molecular formula is C22H38ClIN6. The standard InChI is InChI=1S/C22H37ClN6.HI/c1-2-24-22(26-12-5-3-6-14-28-15-7-4-8-16-28)27-19-11-17-29(18-19)21-20(23)10-9-13-25-21;/h9-10,13,19H,2-8,11-12,14-18H2,1H3,(H2,24,26,27);1H. The van der Waals surface area contributed by atoms with Gasteiger partial charge in [-0.25, -0.2) is 4.98 Å². The molecular weight excluding hydrogens is 511 g/mol. The lowest BCUT2D eigenvalue weighted by atomic mass is 10.1. The fourth-order valence-corrected chi connectivity index (χ4v) is 4.43. The topological polar surface area (TPSA) is 55.8 Å². The van der Waals surface area contributed by atoms with Gasteiger partial charge in [-0.2, -0.15) is 0 Å². The molecule has 0 saturated carbocycles. The van der Waals surface area contributed by atoms with Gasteiger partial charge in [-0.3, -0.25) is 4.99 Å². The van der Waals surface area contributed by atoms with Crippen LogP contribution in [0.5, 0.6) is 0 Å². The zero-order valence-electron chi connectivity index (χ0n) is 18.3. The summed E-state index contributed by atoms with van der Waals surface area (Å²) in [4.78, 5) is 14.1. The van der Waals surface area contributed by atoms with Gasteiger partial charge < -0.3 is 20.4 Å². The van der Waals surface area contributed by atoms with E-state index in [2.05, 4.69) is 32.3 Å². The minimum atomic E-state index is 0. The zero-order valence-corrected chi connectivity index (χ0v) is 21.4. The summed E-state index contributed by atoms with van der Waals surface area (Å²) in [6.07, 6.45) is 10.8. The predicted molar refractivity (Wildman–Crippen MR) is 139 cm³/mol. The van der Waals surface area contributed by atoms with Gasteiger partial charge in [0.25, 0.3) is 0 Å².